The molecule has 1 saturated heterocycles. The lowest BCUT2D eigenvalue weighted by Gasteiger charge is -2.33. The summed E-state index contributed by atoms with van der Waals surface area (Å²) in [6.07, 6.45) is -0.586. The Balaban J connectivity index is 1.78. The number of alkyl halides is 3. The summed E-state index contributed by atoms with van der Waals surface area (Å²) in [5.74, 6) is -1.59. The SMILES string of the molecule is O=C1OCC[C@@H]1CCN[C@@H]1CCCC[C@H]1C(F)(F)F. The molecule has 2 rings (SSSR count). The predicted molar refractivity (Wildman–Crippen MR) is 63.5 cm³/mol. The average Bonchev–Trinajstić information content (AvgIpc) is 2.75. The van der Waals surface area contributed by atoms with Gasteiger partial charge in [-0.3, -0.25) is 4.79 Å². The molecule has 1 saturated carbocycles. The first kappa shape index (κ1) is 14.6. The van der Waals surface area contributed by atoms with Gasteiger partial charge in [-0.15, -0.1) is 0 Å². The minimum Gasteiger partial charge on any atom is -0.465 e. The van der Waals surface area contributed by atoms with Crippen LogP contribution >= 0.6 is 0 Å². The molecule has 3 atom stereocenters. The van der Waals surface area contributed by atoms with E-state index in [1.54, 1.807) is 0 Å². The Morgan fingerprint density at radius 1 is 1.21 bits per heavy atom. The van der Waals surface area contributed by atoms with Crippen LogP contribution in [0.2, 0.25) is 0 Å². The van der Waals surface area contributed by atoms with Crippen molar-refractivity contribution in [3.8, 4) is 0 Å². The molecule has 0 spiro atoms. The minimum atomic E-state index is -4.12. The highest BCUT2D eigenvalue weighted by Gasteiger charge is 2.45. The summed E-state index contributed by atoms with van der Waals surface area (Å²) in [7, 11) is 0. The zero-order valence-electron chi connectivity index (χ0n) is 10.8. The van der Waals surface area contributed by atoms with Crippen LogP contribution in [-0.2, 0) is 9.53 Å². The standard InChI is InChI=1S/C13H20F3NO2/c14-13(15,16)10-3-1-2-4-11(10)17-7-5-9-6-8-19-12(9)18/h9-11,17H,1-8H2/t9-,10+,11+/m0/s1. The van der Waals surface area contributed by atoms with Gasteiger partial charge in [-0.2, -0.15) is 13.2 Å². The molecule has 2 fully saturated rings. The first-order valence-corrected chi connectivity index (χ1v) is 6.95. The maximum atomic E-state index is 12.9. The minimum absolute atomic E-state index is 0.138. The summed E-state index contributed by atoms with van der Waals surface area (Å²) in [4.78, 5) is 11.3. The maximum absolute atomic E-state index is 12.9. The predicted octanol–water partition coefficient (Wildman–Crippen LogP) is 2.65. The van der Waals surface area contributed by atoms with Crippen molar-refractivity contribution < 1.29 is 22.7 Å². The van der Waals surface area contributed by atoms with Crippen LogP contribution in [0.1, 0.15) is 38.5 Å². The number of cyclic esters (lactones) is 1. The molecule has 0 amide bonds. The van der Waals surface area contributed by atoms with Gasteiger partial charge in [-0.05, 0) is 32.2 Å². The van der Waals surface area contributed by atoms with Gasteiger partial charge in [0.25, 0.3) is 0 Å². The Labute approximate surface area is 110 Å². The van der Waals surface area contributed by atoms with Gasteiger partial charge in [0, 0.05) is 6.04 Å². The van der Waals surface area contributed by atoms with Crippen LogP contribution in [0.25, 0.3) is 0 Å². The first-order chi connectivity index (χ1) is 8.98. The Kier molecular flexibility index (Phi) is 4.71. The smallest absolute Gasteiger partial charge is 0.393 e. The Morgan fingerprint density at radius 2 is 1.95 bits per heavy atom. The zero-order valence-corrected chi connectivity index (χ0v) is 10.8. The first-order valence-electron chi connectivity index (χ1n) is 6.95. The molecule has 1 N–H and O–H groups in total. The molecule has 1 aliphatic heterocycles. The number of hydrogen-bond acceptors (Lipinski definition) is 3. The van der Waals surface area contributed by atoms with E-state index >= 15 is 0 Å². The second kappa shape index (κ2) is 6.11. The monoisotopic (exact) mass is 279 g/mol. The third-order valence-electron chi connectivity index (χ3n) is 4.13. The number of rotatable bonds is 4. The van der Waals surface area contributed by atoms with Gasteiger partial charge in [0.1, 0.15) is 0 Å². The molecule has 1 aliphatic carbocycles. The van der Waals surface area contributed by atoms with E-state index in [2.05, 4.69) is 5.32 Å². The fourth-order valence-corrected chi connectivity index (χ4v) is 3.01. The van der Waals surface area contributed by atoms with Crippen molar-refractivity contribution in [3.63, 3.8) is 0 Å². The van der Waals surface area contributed by atoms with Crippen molar-refractivity contribution in [2.75, 3.05) is 13.2 Å². The lowest BCUT2D eigenvalue weighted by Crippen LogP contribution is -2.46. The highest BCUT2D eigenvalue weighted by atomic mass is 19.4. The van der Waals surface area contributed by atoms with Crippen LogP contribution in [0.5, 0.6) is 0 Å². The number of nitrogens with one attached hydrogen (secondary N) is 1. The van der Waals surface area contributed by atoms with Crippen LogP contribution in [0, 0.1) is 11.8 Å². The molecule has 6 heteroatoms. The quantitative estimate of drug-likeness (QED) is 0.804. The lowest BCUT2D eigenvalue weighted by molar-refractivity contribution is -0.189. The van der Waals surface area contributed by atoms with Gasteiger partial charge in [-0.1, -0.05) is 12.8 Å². The number of ether oxygens (including phenoxy) is 1. The van der Waals surface area contributed by atoms with Crippen LogP contribution in [0.15, 0.2) is 0 Å². The van der Waals surface area contributed by atoms with Crippen molar-refractivity contribution in [1.82, 2.24) is 5.32 Å². The van der Waals surface area contributed by atoms with E-state index in [0.29, 0.717) is 38.8 Å². The highest BCUT2D eigenvalue weighted by Crippen LogP contribution is 2.37. The van der Waals surface area contributed by atoms with E-state index < -0.39 is 18.1 Å². The van der Waals surface area contributed by atoms with Crippen molar-refractivity contribution >= 4 is 5.97 Å². The van der Waals surface area contributed by atoms with Crippen LogP contribution in [-0.4, -0.2) is 31.3 Å². The van der Waals surface area contributed by atoms with Crippen LogP contribution in [0.4, 0.5) is 13.2 Å². The van der Waals surface area contributed by atoms with E-state index in [4.69, 9.17) is 4.74 Å². The summed E-state index contributed by atoms with van der Waals surface area (Å²) in [6, 6.07) is -0.494. The van der Waals surface area contributed by atoms with E-state index in [9.17, 15) is 18.0 Å². The molecule has 0 aromatic heterocycles. The maximum Gasteiger partial charge on any atom is 0.393 e. The summed E-state index contributed by atoms with van der Waals surface area (Å²) < 4.78 is 43.4. The topological polar surface area (TPSA) is 38.3 Å². The van der Waals surface area contributed by atoms with Gasteiger partial charge < -0.3 is 10.1 Å². The fourth-order valence-electron chi connectivity index (χ4n) is 3.01. The Hall–Kier alpha value is -0.780. The third kappa shape index (κ3) is 3.84. The van der Waals surface area contributed by atoms with Gasteiger partial charge in [0.15, 0.2) is 0 Å². The van der Waals surface area contributed by atoms with Crippen molar-refractivity contribution in [2.45, 2.75) is 50.7 Å². The third-order valence-corrected chi connectivity index (χ3v) is 4.13. The lowest BCUT2D eigenvalue weighted by atomic mass is 9.84. The molecule has 0 radical (unpaired) electrons. The molecule has 110 valence electrons. The van der Waals surface area contributed by atoms with Crippen LogP contribution in [0.3, 0.4) is 0 Å². The Morgan fingerprint density at radius 3 is 2.58 bits per heavy atom. The van der Waals surface area contributed by atoms with Crippen LogP contribution < -0.4 is 5.32 Å². The molecule has 0 bridgehead atoms. The molecular formula is C13H20F3NO2. The van der Waals surface area contributed by atoms with E-state index in [-0.39, 0.29) is 18.3 Å². The number of halogens is 3. The van der Waals surface area contributed by atoms with Gasteiger partial charge >= 0.3 is 12.1 Å². The summed E-state index contributed by atoms with van der Waals surface area (Å²) in [5, 5.41) is 3.00. The van der Waals surface area contributed by atoms with Gasteiger partial charge in [0.2, 0.25) is 0 Å². The summed E-state index contributed by atoms with van der Waals surface area (Å²) >= 11 is 0. The normalized spacial score (nSPS) is 32.4. The molecular weight excluding hydrogens is 259 g/mol. The summed E-state index contributed by atoms with van der Waals surface area (Å²) in [5.41, 5.74) is 0. The molecule has 3 nitrogen and oxygen atoms in total. The number of hydrogen-bond donors (Lipinski definition) is 1. The average molecular weight is 279 g/mol. The zero-order chi connectivity index (χ0) is 13.9. The number of carbonyl (C=O) groups is 1. The molecule has 0 aromatic rings. The molecule has 0 unspecified atom stereocenters. The van der Waals surface area contributed by atoms with Crippen molar-refractivity contribution in [1.29, 1.82) is 0 Å². The molecule has 0 aromatic carbocycles. The van der Waals surface area contributed by atoms with Gasteiger partial charge in [0.05, 0.1) is 18.4 Å². The highest BCUT2D eigenvalue weighted by molar-refractivity contribution is 5.74. The fraction of sp³-hybridized carbons (Fsp3) is 0.923. The summed E-state index contributed by atoms with van der Waals surface area (Å²) in [6.45, 7) is 0.898. The molecule has 1 heterocycles. The molecule has 2 aliphatic rings. The largest absolute Gasteiger partial charge is 0.465 e. The van der Waals surface area contributed by atoms with Crippen molar-refractivity contribution in [2.24, 2.45) is 11.8 Å². The van der Waals surface area contributed by atoms with Gasteiger partial charge in [-0.25, -0.2) is 0 Å². The second-order valence-electron chi connectivity index (χ2n) is 5.43. The second-order valence-corrected chi connectivity index (χ2v) is 5.43. The van der Waals surface area contributed by atoms with E-state index in [0.717, 1.165) is 6.42 Å². The van der Waals surface area contributed by atoms with Crippen molar-refractivity contribution in [3.05, 3.63) is 0 Å². The Bertz CT molecular complexity index is 320. The number of carbonyl (C=O) groups excluding carboxylic acids is 1. The molecule has 19 heavy (non-hydrogen) atoms. The van der Waals surface area contributed by atoms with E-state index in [1.807, 2.05) is 0 Å². The van der Waals surface area contributed by atoms with E-state index in [1.165, 1.54) is 0 Å². The number of esters is 1.